The molecule has 4 heteroatoms. The first-order chi connectivity index (χ1) is 10.1. The van der Waals surface area contributed by atoms with E-state index in [-0.39, 0.29) is 12.2 Å². The van der Waals surface area contributed by atoms with E-state index in [4.69, 9.17) is 22.8 Å². The van der Waals surface area contributed by atoms with Gasteiger partial charge in [0.15, 0.2) is 0 Å². The van der Waals surface area contributed by atoms with Crippen molar-refractivity contribution in [2.75, 3.05) is 6.61 Å². The van der Waals surface area contributed by atoms with Crippen molar-refractivity contribution in [1.29, 1.82) is 0 Å². The topological polar surface area (TPSA) is 31.2 Å². The molecular formula is C17H16ClNO2. The van der Waals surface area contributed by atoms with E-state index in [1.807, 2.05) is 25.1 Å². The van der Waals surface area contributed by atoms with Crippen molar-refractivity contribution in [3.05, 3.63) is 51.3 Å². The number of rotatable bonds is 4. The molecule has 0 amide bonds. The summed E-state index contributed by atoms with van der Waals surface area (Å²) in [6, 6.07) is 9.05. The standard InChI is InChI=1S/C17H16ClNO2/c1-4-10-21-13-7-8-14(15(18)11-13)16-9-6-12(3)17(20)19(16)5-2/h1,6-9,11H,5,10H2,2-3H3. The molecule has 0 aliphatic heterocycles. The Balaban J connectivity index is 2.51. The van der Waals surface area contributed by atoms with Gasteiger partial charge in [-0.1, -0.05) is 23.6 Å². The molecule has 2 aromatic rings. The summed E-state index contributed by atoms with van der Waals surface area (Å²) in [5, 5.41) is 0.523. The maximum absolute atomic E-state index is 12.2. The lowest BCUT2D eigenvalue weighted by molar-refractivity contribution is 0.370. The van der Waals surface area contributed by atoms with Crippen LogP contribution in [0.3, 0.4) is 0 Å². The van der Waals surface area contributed by atoms with Crippen molar-refractivity contribution >= 4 is 11.6 Å². The fourth-order valence-corrected chi connectivity index (χ4v) is 2.42. The molecule has 0 N–H and O–H groups in total. The lowest BCUT2D eigenvalue weighted by Gasteiger charge is -2.14. The molecular weight excluding hydrogens is 286 g/mol. The van der Waals surface area contributed by atoms with Crippen LogP contribution in [0.4, 0.5) is 0 Å². The van der Waals surface area contributed by atoms with Crippen LogP contribution >= 0.6 is 11.6 Å². The summed E-state index contributed by atoms with van der Waals surface area (Å²) in [5.41, 5.74) is 2.30. The number of aryl methyl sites for hydroxylation is 1. The highest BCUT2D eigenvalue weighted by molar-refractivity contribution is 6.33. The molecule has 0 aliphatic rings. The van der Waals surface area contributed by atoms with Gasteiger partial charge in [-0.3, -0.25) is 4.79 Å². The first kappa shape index (κ1) is 15.2. The van der Waals surface area contributed by atoms with Crippen molar-refractivity contribution in [2.24, 2.45) is 0 Å². The zero-order chi connectivity index (χ0) is 15.4. The second-order valence-corrected chi connectivity index (χ2v) is 4.99. The van der Waals surface area contributed by atoms with Gasteiger partial charge in [0.25, 0.3) is 5.56 Å². The molecule has 0 radical (unpaired) electrons. The van der Waals surface area contributed by atoms with Crippen LogP contribution in [0.1, 0.15) is 12.5 Å². The normalized spacial score (nSPS) is 10.2. The number of benzene rings is 1. The Morgan fingerprint density at radius 3 is 2.71 bits per heavy atom. The van der Waals surface area contributed by atoms with Gasteiger partial charge in [-0.25, -0.2) is 0 Å². The number of hydrogen-bond donors (Lipinski definition) is 0. The fraction of sp³-hybridized carbons (Fsp3) is 0.235. The molecule has 0 fully saturated rings. The van der Waals surface area contributed by atoms with Gasteiger partial charge in [0, 0.05) is 17.7 Å². The van der Waals surface area contributed by atoms with Crippen LogP contribution < -0.4 is 10.3 Å². The van der Waals surface area contributed by atoms with E-state index in [0.29, 0.717) is 22.9 Å². The Kier molecular flexibility index (Phi) is 4.72. The minimum absolute atomic E-state index is 0.00118. The first-order valence-electron chi connectivity index (χ1n) is 6.65. The number of terminal acetylenes is 1. The fourth-order valence-electron chi connectivity index (χ4n) is 2.15. The molecule has 0 unspecified atom stereocenters. The van der Waals surface area contributed by atoms with Crippen LogP contribution in [0.25, 0.3) is 11.3 Å². The van der Waals surface area contributed by atoms with Crippen LogP contribution in [0, 0.1) is 19.3 Å². The summed E-state index contributed by atoms with van der Waals surface area (Å²) in [5.74, 6) is 3.01. The summed E-state index contributed by atoms with van der Waals surface area (Å²) in [7, 11) is 0. The van der Waals surface area contributed by atoms with Crippen LogP contribution in [0.5, 0.6) is 5.75 Å². The smallest absolute Gasteiger partial charge is 0.253 e. The first-order valence-corrected chi connectivity index (χ1v) is 7.03. The zero-order valence-corrected chi connectivity index (χ0v) is 12.8. The van der Waals surface area contributed by atoms with Crippen molar-refractivity contribution in [3.8, 4) is 29.4 Å². The molecule has 1 heterocycles. The Hall–Kier alpha value is -2.18. The van der Waals surface area contributed by atoms with Gasteiger partial charge in [0.2, 0.25) is 0 Å². The third-order valence-electron chi connectivity index (χ3n) is 3.22. The van der Waals surface area contributed by atoms with Gasteiger partial charge in [0.05, 0.1) is 10.7 Å². The van der Waals surface area contributed by atoms with Crippen LogP contribution in [0.2, 0.25) is 5.02 Å². The second kappa shape index (κ2) is 6.51. The van der Waals surface area contributed by atoms with Crippen molar-refractivity contribution in [3.63, 3.8) is 0 Å². The summed E-state index contributed by atoms with van der Waals surface area (Å²) in [4.78, 5) is 12.2. The van der Waals surface area contributed by atoms with Gasteiger partial charge >= 0.3 is 0 Å². The molecule has 0 saturated heterocycles. The highest BCUT2D eigenvalue weighted by Crippen LogP contribution is 2.30. The van der Waals surface area contributed by atoms with Crippen LogP contribution in [0.15, 0.2) is 35.1 Å². The van der Waals surface area contributed by atoms with E-state index < -0.39 is 0 Å². The van der Waals surface area contributed by atoms with Crippen molar-refractivity contribution < 1.29 is 4.74 Å². The van der Waals surface area contributed by atoms with Crippen molar-refractivity contribution in [1.82, 2.24) is 4.57 Å². The van der Waals surface area contributed by atoms with Crippen molar-refractivity contribution in [2.45, 2.75) is 20.4 Å². The monoisotopic (exact) mass is 301 g/mol. The maximum Gasteiger partial charge on any atom is 0.253 e. The number of halogens is 1. The van der Waals surface area contributed by atoms with Gasteiger partial charge in [0.1, 0.15) is 12.4 Å². The maximum atomic E-state index is 12.2. The van der Waals surface area contributed by atoms with E-state index in [0.717, 1.165) is 11.3 Å². The molecule has 1 aromatic carbocycles. The second-order valence-electron chi connectivity index (χ2n) is 4.59. The minimum Gasteiger partial charge on any atom is -0.481 e. The summed E-state index contributed by atoms with van der Waals surface area (Å²) in [6.07, 6.45) is 5.16. The third kappa shape index (κ3) is 3.12. The predicted molar refractivity (Wildman–Crippen MR) is 85.9 cm³/mol. The Morgan fingerprint density at radius 1 is 1.33 bits per heavy atom. The van der Waals surface area contributed by atoms with Gasteiger partial charge < -0.3 is 9.30 Å². The van der Waals surface area contributed by atoms with E-state index in [2.05, 4.69) is 5.92 Å². The third-order valence-corrected chi connectivity index (χ3v) is 3.53. The van der Waals surface area contributed by atoms with Gasteiger partial charge in [-0.05, 0) is 38.1 Å². The average Bonchev–Trinajstić information content (AvgIpc) is 2.48. The zero-order valence-electron chi connectivity index (χ0n) is 12.0. The SMILES string of the molecule is C#CCOc1ccc(-c2ccc(C)c(=O)n2CC)c(Cl)c1. The Bertz CT molecular complexity index is 756. The van der Waals surface area contributed by atoms with E-state index >= 15 is 0 Å². The molecule has 1 aromatic heterocycles. The van der Waals surface area contributed by atoms with E-state index in [9.17, 15) is 4.79 Å². The Morgan fingerprint density at radius 2 is 2.10 bits per heavy atom. The molecule has 3 nitrogen and oxygen atoms in total. The number of hydrogen-bond acceptors (Lipinski definition) is 2. The summed E-state index contributed by atoms with van der Waals surface area (Å²) < 4.78 is 7.04. The van der Waals surface area contributed by atoms with Gasteiger partial charge in [-0.15, -0.1) is 6.42 Å². The van der Waals surface area contributed by atoms with E-state index in [1.165, 1.54) is 0 Å². The average molecular weight is 302 g/mol. The number of pyridine rings is 1. The quantitative estimate of drug-likeness (QED) is 0.809. The van der Waals surface area contributed by atoms with Crippen LogP contribution in [-0.4, -0.2) is 11.2 Å². The summed E-state index contributed by atoms with van der Waals surface area (Å²) >= 11 is 6.32. The molecule has 108 valence electrons. The lowest BCUT2D eigenvalue weighted by atomic mass is 10.1. The van der Waals surface area contributed by atoms with E-state index in [1.54, 1.807) is 23.6 Å². The molecule has 0 spiro atoms. The minimum atomic E-state index is -0.00118. The number of ether oxygens (including phenoxy) is 1. The number of aromatic nitrogens is 1. The highest BCUT2D eigenvalue weighted by atomic mass is 35.5. The Labute approximate surface area is 129 Å². The molecule has 0 atom stereocenters. The molecule has 0 bridgehead atoms. The molecule has 21 heavy (non-hydrogen) atoms. The highest BCUT2D eigenvalue weighted by Gasteiger charge is 2.11. The largest absolute Gasteiger partial charge is 0.481 e. The van der Waals surface area contributed by atoms with Gasteiger partial charge in [-0.2, -0.15) is 0 Å². The molecule has 2 rings (SSSR count). The van der Waals surface area contributed by atoms with Crippen LogP contribution in [-0.2, 0) is 6.54 Å². The predicted octanol–water partition coefficient (Wildman–Crippen LogP) is 3.51. The molecule has 0 aliphatic carbocycles. The molecule has 0 saturated carbocycles. The number of nitrogens with zero attached hydrogens (tertiary/aromatic N) is 1. The summed E-state index contributed by atoms with van der Waals surface area (Å²) in [6.45, 7) is 4.51. The lowest BCUT2D eigenvalue weighted by Crippen LogP contribution is -2.22.